The van der Waals surface area contributed by atoms with Crippen molar-refractivity contribution in [1.29, 1.82) is 0 Å². The van der Waals surface area contributed by atoms with E-state index in [9.17, 15) is 9.90 Å². The summed E-state index contributed by atoms with van der Waals surface area (Å²) in [5.74, 6) is -5.27. The van der Waals surface area contributed by atoms with Gasteiger partial charge < -0.3 is 34.5 Å². The lowest BCUT2D eigenvalue weighted by Gasteiger charge is -2.48. The third-order valence-corrected chi connectivity index (χ3v) is 8.11. The molecule has 1 aliphatic rings. The second-order valence-corrected chi connectivity index (χ2v) is 11.8. The molecule has 1 aliphatic heterocycles. The molecular formula is C38H41F2NO7. The highest BCUT2D eigenvalue weighted by molar-refractivity contribution is 5.73. The molecule has 8 nitrogen and oxygen atoms in total. The van der Waals surface area contributed by atoms with Crippen LogP contribution in [0.3, 0.4) is 0 Å². The van der Waals surface area contributed by atoms with Crippen LogP contribution >= 0.6 is 0 Å². The van der Waals surface area contributed by atoms with Crippen molar-refractivity contribution in [2.24, 2.45) is 5.73 Å². The number of nitrogens with two attached hydrogens (primary N) is 1. The molecule has 0 radical (unpaired) electrons. The number of rotatable bonds is 17. The van der Waals surface area contributed by atoms with Gasteiger partial charge in [-0.15, -0.1) is 0 Å². The first kappa shape index (κ1) is 35.3. The molecule has 4 aromatic rings. The Morgan fingerprint density at radius 1 is 0.667 bits per heavy atom. The average molecular weight is 662 g/mol. The number of hydrogen-bond acceptors (Lipinski definition) is 7. The van der Waals surface area contributed by atoms with Gasteiger partial charge in [-0.1, -0.05) is 121 Å². The fourth-order valence-corrected chi connectivity index (χ4v) is 5.63. The zero-order chi connectivity index (χ0) is 33.8. The van der Waals surface area contributed by atoms with Crippen LogP contribution in [0.25, 0.3) is 0 Å². The van der Waals surface area contributed by atoms with E-state index in [0.29, 0.717) is 0 Å². The smallest absolute Gasteiger partial charge is 0.320 e. The maximum atomic E-state index is 16.3. The van der Waals surface area contributed by atoms with Crippen LogP contribution < -0.4 is 5.73 Å². The third kappa shape index (κ3) is 9.99. The van der Waals surface area contributed by atoms with Crippen LogP contribution in [-0.2, 0) is 54.9 Å². The minimum absolute atomic E-state index is 0.0296. The first-order chi connectivity index (χ1) is 23.3. The quantitative estimate of drug-likeness (QED) is 0.139. The molecular weight excluding hydrogens is 620 g/mol. The summed E-state index contributed by atoms with van der Waals surface area (Å²) < 4.78 is 64.0. The van der Waals surface area contributed by atoms with Gasteiger partial charge in [0.15, 0.2) is 6.10 Å². The molecule has 0 bridgehead atoms. The number of ether oxygens (including phenoxy) is 5. The maximum Gasteiger partial charge on any atom is 0.320 e. The van der Waals surface area contributed by atoms with Gasteiger partial charge in [-0.2, -0.15) is 0 Å². The Hall–Kier alpha value is -4.03. The van der Waals surface area contributed by atoms with Gasteiger partial charge in [-0.3, -0.25) is 4.79 Å². The monoisotopic (exact) mass is 661 g/mol. The fourth-order valence-electron chi connectivity index (χ4n) is 5.63. The number of halogens is 2. The summed E-state index contributed by atoms with van der Waals surface area (Å²) in [7, 11) is 0. The number of aliphatic carboxylic acids is 1. The van der Waals surface area contributed by atoms with E-state index in [-0.39, 0.29) is 33.0 Å². The SMILES string of the molecule is NC(CC(F)(F)C1OC(COCc2ccccc2)C(OCc2ccccc2)C(OCc2ccccc2)C1OCc1ccccc1)C(=O)O. The molecule has 0 saturated carbocycles. The van der Waals surface area contributed by atoms with E-state index in [2.05, 4.69) is 0 Å². The molecule has 3 N–H and O–H groups in total. The minimum atomic E-state index is -3.73. The highest BCUT2D eigenvalue weighted by Gasteiger charge is 2.57. The van der Waals surface area contributed by atoms with Crippen LogP contribution in [-0.4, -0.2) is 60.2 Å². The largest absolute Gasteiger partial charge is 0.480 e. The van der Waals surface area contributed by atoms with Crippen LogP contribution in [0.1, 0.15) is 28.7 Å². The number of alkyl halides is 2. The van der Waals surface area contributed by atoms with E-state index in [1.807, 2.05) is 121 Å². The highest BCUT2D eigenvalue weighted by Crippen LogP contribution is 2.39. The number of hydrogen-bond donors (Lipinski definition) is 2. The zero-order valence-corrected chi connectivity index (χ0v) is 26.5. The van der Waals surface area contributed by atoms with Crippen molar-refractivity contribution in [2.75, 3.05) is 6.61 Å². The van der Waals surface area contributed by atoms with Crippen molar-refractivity contribution < 1.29 is 42.4 Å². The van der Waals surface area contributed by atoms with Crippen LogP contribution in [0.5, 0.6) is 0 Å². The normalized spacial score (nSPS) is 21.9. The van der Waals surface area contributed by atoms with E-state index >= 15 is 8.78 Å². The Bertz CT molecular complexity index is 1520. The van der Waals surface area contributed by atoms with E-state index in [1.165, 1.54) is 0 Å². The lowest BCUT2D eigenvalue weighted by molar-refractivity contribution is -0.311. The van der Waals surface area contributed by atoms with Gasteiger partial charge in [0.05, 0.1) is 33.0 Å². The van der Waals surface area contributed by atoms with Gasteiger partial charge in [0.1, 0.15) is 30.5 Å². The molecule has 0 aromatic heterocycles. The van der Waals surface area contributed by atoms with Crippen LogP contribution in [0.15, 0.2) is 121 Å². The Morgan fingerprint density at radius 3 is 1.50 bits per heavy atom. The van der Waals surface area contributed by atoms with Gasteiger partial charge >= 0.3 is 5.97 Å². The van der Waals surface area contributed by atoms with E-state index in [1.54, 1.807) is 0 Å². The molecule has 254 valence electrons. The second-order valence-electron chi connectivity index (χ2n) is 11.8. The number of benzene rings is 4. The molecule has 5 rings (SSSR count). The summed E-state index contributed by atoms with van der Waals surface area (Å²) in [6.45, 7) is 0.291. The number of carbonyl (C=O) groups is 1. The van der Waals surface area contributed by atoms with Gasteiger partial charge in [0.2, 0.25) is 0 Å². The molecule has 10 heteroatoms. The molecule has 6 atom stereocenters. The standard InChI is InChI=1S/C38H41F2NO7/c39-38(40,21-31(41)37(42)43)36-35(47-25-30-19-11-4-12-20-30)34(46-24-29-17-9-3-10-18-29)33(45-23-28-15-7-2-8-16-28)32(48-36)26-44-22-27-13-5-1-6-14-27/h1-20,31-36H,21-26,41H2,(H,42,43). The molecule has 4 aromatic carbocycles. The van der Waals surface area contributed by atoms with Crippen LogP contribution in [0.2, 0.25) is 0 Å². The Kier molecular flexibility index (Phi) is 12.8. The zero-order valence-electron chi connectivity index (χ0n) is 26.5. The molecule has 1 saturated heterocycles. The minimum Gasteiger partial charge on any atom is -0.480 e. The van der Waals surface area contributed by atoms with Crippen molar-refractivity contribution in [1.82, 2.24) is 0 Å². The van der Waals surface area contributed by atoms with Crippen LogP contribution in [0.4, 0.5) is 8.78 Å². The first-order valence-electron chi connectivity index (χ1n) is 15.9. The fraction of sp³-hybridized carbons (Fsp3) is 0.342. The lowest BCUT2D eigenvalue weighted by Crippen LogP contribution is -2.65. The average Bonchev–Trinajstić information content (AvgIpc) is 3.10. The summed E-state index contributed by atoms with van der Waals surface area (Å²) in [4.78, 5) is 11.6. The predicted molar refractivity (Wildman–Crippen MR) is 175 cm³/mol. The number of carboxylic acids is 1. The van der Waals surface area contributed by atoms with Gasteiger partial charge in [-0.25, -0.2) is 8.78 Å². The summed E-state index contributed by atoms with van der Waals surface area (Å²) >= 11 is 0. The van der Waals surface area contributed by atoms with E-state index < -0.39 is 54.9 Å². The molecule has 0 aliphatic carbocycles. The first-order valence-corrected chi connectivity index (χ1v) is 15.9. The molecule has 0 amide bonds. The Balaban J connectivity index is 1.50. The molecule has 6 unspecified atom stereocenters. The van der Waals surface area contributed by atoms with E-state index in [4.69, 9.17) is 29.4 Å². The summed E-state index contributed by atoms with van der Waals surface area (Å²) in [6.07, 6.45) is -7.51. The molecule has 1 heterocycles. The predicted octanol–water partition coefficient (Wildman–Crippen LogP) is 6.16. The third-order valence-electron chi connectivity index (χ3n) is 8.11. The van der Waals surface area contributed by atoms with Gasteiger partial charge in [0, 0.05) is 6.42 Å². The maximum absolute atomic E-state index is 16.3. The summed E-state index contributed by atoms with van der Waals surface area (Å²) in [5.41, 5.74) is 8.98. The second kappa shape index (κ2) is 17.4. The van der Waals surface area contributed by atoms with Crippen molar-refractivity contribution in [3.05, 3.63) is 144 Å². The molecule has 1 fully saturated rings. The van der Waals surface area contributed by atoms with E-state index in [0.717, 1.165) is 22.3 Å². The molecule has 48 heavy (non-hydrogen) atoms. The Labute approximate surface area is 279 Å². The summed E-state index contributed by atoms with van der Waals surface area (Å²) in [6, 6.07) is 35.5. The van der Waals surface area contributed by atoms with Crippen molar-refractivity contribution in [3.63, 3.8) is 0 Å². The molecule has 0 spiro atoms. The highest BCUT2D eigenvalue weighted by atomic mass is 19.3. The topological polar surface area (TPSA) is 109 Å². The van der Waals surface area contributed by atoms with Crippen molar-refractivity contribution >= 4 is 5.97 Å². The lowest BCUT2D eigenvalue weighted by atomic mass is 9.88. The van der Waals surface area contributed by atoms with Crippen molar-refractivity contribution in [3.8, 4) is 0 Å². The summed E-state index contributed by atoms with van der Waals surface area (Å²) in [5, 5.41) is 9.43. The Morgan fingerprint density at radius 2 is 1.06 bits per heavy atom. The number of carboxylic acid groups (broad SMARTS) is 1. The van der Waals surface area contributed by atoms with Crippen LogP contribution in [0, 0.1) is 0 Å². The van der Waals surface area contributed by atoms with Gasteiger partial charge in [0.25, 0.3) is 5.92 Å². The van der Waals surface area contributed by atoms with Gasteiger partial charge in [-0.05, 0) is 22.3 Å². The van der Waals surface area contributed by atoms with Crippen molar-refractivity contribution in [2.45, 2.75) is 75.3 Å².